The van der Waals surface area contributed by atoms with E-state index >= 15 is 0 Å². The minimum Gasteiger partial charge on any atom is -0.466 e. The van der Waals surface area contributed by atoms with Crippen molar-refractivity contribution in [3.8, 4) is 0 Å². The van der Waals surface area contributed by atoms with Crippen LogP contribution in [0.4, 0.5) is 0 Å². The molecule has 0 saturated carbocycles. The summed E-state index contributed by atoms with van der Waals surface area (Å²) in [6.07, 6.45) is 3.06. The maximum absolute atomic E-state index is 10.1. The van der Waals surface area contributed by atoms with E-state index in [1.807, 2.05) is 25.1 Å². The van der Waals surface area contributed by atoms with E-state index in [0.717, 1.165) is 17.1 Å². The van der Waals surface area contributed by atoms with Gasteiger partial charge in [-0.15, -0.1) is 0 Å². The molecule has 0 saturated heterocycles. The molecule has 0 aliphatic heterocycles. The summed E-state index contributed by atoms with van der Waals surface area (Å²) in [5.41, 5.74) is 6.68. The Kier molecular flexibility index (Phi) is 3.56. The number of aliphatic hydroxyl groups is 1. The molecule has 2 atom stereocenters. The number of aliphatic hydroxyl groups excluding tert-OH is 1. The predicted octanol–water partition coefficient (Wildman–Crippen LogP) is 1.59. The third-order valence-corrected chi connectivity index (χ3v) is 2.66. The average molecular weight is 232 g/mol. The minimum absolute atomic E-state index is 0.398. The van der Waals surface area contributed by atoms with Crippen molar-refractivity contribution in [2.24, 2.45) is 5.73 Å². The zero-order chi connectivity index (χ0) is 12.3. The van der Waals surface area contributed by atoms with Gasteiger partial charge in [-0.2, -0.15) is 0 Å². The molecule has 0 radical (unpaired) electrons. The number of aryl methyl sites for hydroxylation is 1. The van der Waals surface area contributed by atoms with Crippen molar-refractivity contribution in [2.75, 3.05) is 0 Å². The Morgan fingerprint density at radius 1 is 1.41 bits per heavy atom. The normalized spacial score (nSPS) is 14.5. The van der Waals surface area contributed by atoms with Crippen LogP contribution in [-0.4, -0.2) is 16.1 Å². The lowest BCUT2D eigenvalue weighted by atomic mass is 10.0. The standard InChI is InChI=1S/C13H16N2O2/c1-9-4-5-11(17-9)7-12(14)13(16)10-3-2-6-15-8-10/h2-6,8,12-13,16H,7,14H2,1H3. The van der Waals surface area contributed by atoms with Crippen LogP contribution in [0.3, 0.4) is 0 Å². The van der Waals surface area contributed by atoms with Gasteiger partial charge in [0, 0.05) is 30.4 Å². The molecule has 0 aliphatic rings. The van der Waals surface area contributed by atoms with E-state index in [1.165, 1.54) is 0 Å². The highest BCUT2D eigenvalue weighted by atomic mass is 16.3. The molecule has 0 aromatic carbocycles. The van der Waals surface area contributed by atoms with Gasteiger partial charge in [0.15, 0.2) is 0 Å². The highest BCUT2D eigenvalue weighted by molar-refractivity contribution is 5.15. The topological polar surface area (TPSA) is 72.3 Å². The Hall–Kier alpha value is -1.65. The van der Waals surface area contributed by atoms with Crippen molar-refractivity contribution in [2.45, 2.75) is 25.5 Å². The average Bonchev–Trinajstić information content (AvgIpc) is 2.75. The summed E-state index contributed by atoms with van der Waals surface area (Å²) in [7, 11) is 0. The molecule has 4 heteroatoms. The smallest absolute Gasteiger partial charge is 0.105 e. The van der Waals surface area contributed by atoms with Gasteiger partial charge in [0.05, 0.1) is 6.10 Å². The van der Waals surface area contributed by atoms with E-state index in [0.29, 0.717) is 6.42 Å². The Labute approximate surface area is 100 Å². The number of hydrogen-bond acceptors (Lipinski definition) is 4. The van der Waals surface area contributed by atoms with Gasteiger partial charge in [0.25, 0.3) is 0 Å². The summed E-state index contributed by atoms with van der Waals surface area (Å²) in [6.45, 7) is 1.88. The molecule has 0 bridgehead atoms. The van der Waals surface area contributed by atoms with E-state index in [1.54, 1.807) is 18.5 Å². The molecule has 0 fully saturated rings. The van der Waals surface area contributed by atoms with Crippen LogP contribution in [0.5, 0.6) is 0 Å². The number of hydrogen-bond donors (Lipinski definition) is 2. The third-order valence-electron chi connectivity index (χ3n) is 2.66. The fourth-order valence-electron chi connectivity index (χ4n) is 1.74. The molecule has 0 spiro atoms. The first-order chi connectivity index (χ1) is 8.16. The summed E-state index contributed by atoms with van der Waals surface area (Å²) in [4.78, 5) is 3.96. The maximum atomic E-state index is 10.1. The van der Waals surface area contributed by atoms with E-state index in [2.05, 4.69) is 4.98 Å². The number of nitrogens with zero attached hydrogens (tertiary/aromatic N) is 1. The molecule has 2 unspecified atom stereocenters. The summed E-state index contributed by atoms with van der Waals surface area (Å²) in [5.74, 6) is 1.64. The molecule has 2 aromatic rings. The molecule has 2 rings (SSSR count). The fourth-order valence-corrected chi connectivity index (χ4v) is 1.74. The summed E-state index contributed by atoms with van der Waals surface area (Å²) < 4.78 is 5.43. The van der Waals surface area contributed by atoms with Crippen LogP contribution in [-0.2, 0) is 6.42 Å². The van der Waals surface area contributed by atoms with Crippen LogP contribution in [0.1, 0.15) is 23.2 Å². The van der Waals surface area contributed by atoms with E-state index < -0.39 is 12.1 Å². The molecule has 4 nitrogen and oxygen atoms in total. The van der Waals surface area contributed by atoms with E-state index in [9.17, 15) is 5.11 Å². The van der Waals surface area contributed by atoms with Crippen molar-refractivity contribution >= 4 is 0 Å². The Morgan fingerprint density at radius 3 is 2.82 bits per heavy atom. The molecule has 17 heavy (non-hydrogen) atoms. The molecular formula is C13H16N2O2. The second-order valence-corrected chi connectivity index (χ2v) is 4.11. The molecule has 90 valence electrons. The van der Waals surface area contributed by atoms with Crippen molar-refractivity contribution in [1.82, 2.24) is 4.98 Å². The lowest BCUT2D eigenvalue weighted by molar-refractivity contribution is 0.143. The zero-order valence-corrected chi connectivity index (χ0v) is 9.71. The van der Waals surface area contributed by atoms with Crippen molar-refractivity contribution in [1.29, 1.82) is 0 Å². The zero-order valence-electron chi connectivity index (χ0n) is 9.71. The first-order valence-electron chi connectivity index (χ1n) is 5.55. The minimum atomic E-state index is -0.728. The van der Waals surface area contributed by atoms with Gasteiger partial charge >= 0.3 is 0 Å². The lowest BCUT2D eigenvalue weighted by Crippen LogP contribution is -2.30. The summed E-state index contributed by atoms with van der Waals surface area (Å²) in [6, 6.07) is 6.96. The largest absolute Gasteiger partial charge is 0.466 e. The second-order valence-electron chi connectivity index (χ2n) is 4.11. The highest BCUT2D eigenvalue weighted by Gasteiger charge is 2.18. The third kappa shape index (κ3) is 2.93. The Morgan fingerprint density at radius 2 is 2.24 bits per heavy atom. The van der Waals surface area contributed by atoms with Crippen LogP contribution in [0.15, 0.2) is 41.1 Å². The highest BCUT2D eigenvalue weighted by Crippen LogP contribution is 2.18. The van der Waals surface area contributed by atoms with Crippen LogP contribution in [0.2, 0.25) is 0 Å². The summed E-state index contributed by atoms with van der Waals surface area (Å²) in [5, 5.41) is 10.1. The van der Waals surface area contributed by atoms with Crippen LogP contribution in [0, 0.1) is 6.92 Å². The maximum Gasteiger partial charge on any atom is 0.105 e. The van der Waals surface area contributed by atoms with Gasteiger partial charge < -0.3 is 15.3 Å². The van der Waals surface area contributed by atoms with Crippen LogP contribution in [0.25, 0.3) is 0 Å². The lowest BCUT2D eigenvalue weighted by Gasteiger charge is -2.17. The quantitative estimate of drug-likeness (QED) is 0.839. The van der Waals surface area contributed by atoms with Gasteiger partial charge in [-0.05, 0) is 25.1 Å². The van der Waals surface area contributed by atoms with Crippen molar-refractivity contribution in [3.63, 3.8) is 0 Å². The van der Waals surface area contributed by atoms with Gasteiger partial charge in [0.2, 0.25) is 0 Å². The van der Waals surface area contributed by atoms with E-state index in [4.69, 9.17) is 10.2 Å². The van der Waals surface area contributed by atoms with Gasteiger partial charge in [-0.25, -0.2) is 0 Å². The van der Waals surface area contributed by atoms with Crippen molar-refractivity contribution < 1.29 is 9.52 Å². The molecule has 3 N–H and O–H groups in total. The Balaban J connectivity index is 2.03. The number of pyridine rings is 1. The number of furan rings is 1. The molecule has 2 aromatic heterocycles. The molecule has 2 heterocycles. The molecule has 0 amide bonds. The number of rotatable bonds is 4. The first kappa shape index (κ1) is 11.8. The number of nitrogens with two attached hydrogens (primary N) is 1. The van der Waals surface area contributed by atoms with Gasteiger partial charge in [-0.3, -0.25) is 4.98 Å². The predicted molar refractivity (Wildman–Crippen MR) is 64.3 cm³/mol. The van der Waals surface area contributed by atoms with E-state index in [-0.39, 0.29) is 0 Å². The van der Waals surface area contributed by atoms with Gasteiger partial charge in [-0.1, -0.05) is 6.07 Å². The number of aromatic nitrogens is 1. The molecular weight excluding hydrogens is 216 g/mol. The Bertz CT molecular complexity index is 467. The SMILES string of the molecule is Cc1ccc(CC(N)C(O)c2cccnc2)o1. The van der Waals surface area contributed by atoms with Gasteiger partial charge in [0.1, 0.15) is 11.5 Å². The first-order valence-corrected chi connectivity index (χ1v) is 5.55. The monoisotopic (exact) mass is 232 g/mol. The van der Waals surface area contributed by atoms with Crippen LogP contribution < -0.4 is 5.73 Å². The van der Waals surface area contributed by atoms with Crippen molar-refractivity contribution in [3.05, 3.63) is 53.7 Å². The van der Waals surface area contributed by atoms with Crippen LogP contribution >= 0.6 is 0 Å². The summed E-state index contributed by atoms with van der Waals surface area (Å²) >= 11 is 0. The second kappa shape index (κ2) is 5.12. The molecule has 0 aliphatic carbocycles. The fraction of sp³-hybridized carbons (Fsp3) is 0.308.